The molecule has 2 aromatic heterocycles. The Labute approximate surface area is 118 Å². The number of ether oxygens (including phenoxy) is 1. The molecule has 1 atom stereocenters. The predicted octanol–water partition coefficient (Wildman–Crippen LogP) is 3.83. The molecule has 0 amide bonds. The van der Waals surface area contributed by atoms with Gasteiger partial charge in [-0.25, -0.2) is 0 Å². The fourth-order valence-electron chi connectivity index (χ4n) is 1.52. The van der Waals surface area contributed by atoms with Gasteiger partial charge in [0.2, 0.25) is 0 Å². The second-order valence-electron chi connectivity index (χ2n) is 3.59. The predicted molar refractivity (Wildman–Crippen MR) is 77.8 cm³/mol. The summed E-state index contributed by atoms with van der Waals surface area (Å²) in [5.41, 5.74) is 5.74. The number of nitrogens with two attached hydrogens (primary N) is 1. The minimum absolute atomic E-state index is 0.0197. The Kier molecular flexibility index (Phi) is 5.18. The zero-order chi connectivity index (χ0) is 12.1. The Balaban J connectivity index is 1.84. The van der Waals surface area contributed by atoms with E-state index in [-0.39, 0.29) is 6.10 Å². The Morgan fingerprint density at radius 1 is 1.41 bits per heavy atom. The van der Waals surface area contributed by atoms with Gasteiger partial charge in [0.25, 0.3) is 0 Å². The minimum atomic E-state index is 0.0197. The zero-order valence-electron chi connectivity index (χ0n) is 9.27. The van der Waals surface area contributed by atoms with Crippen molar-refractivity contribution in [3.63, 3.8) is 0 Å². The standard InChI is InChI=1S/C12H14BrNOS2/c13-9-6-12(17-8-9)11(7-14)15-4-3-10-2-1-5-16-10/h1-2,5-6,8,11H,3-4,7,14H2. The highest BCUT2D eigenvalue weighted by Crippen LogP contribution is 2.27. The molecule has 0 aromatic carbocycles. The molecule has 5 heteroatoms. The molecular weight excluding hydrogens is 318 g/mol. The summed E-state index contributed by atoms with van der Waals surface area (Å²) in [5, 5.41) is 4.15. The molecule has 2 heterocycles. The molecule has 0 aliphatic rings. The van der Waals surface area contributed by atoms with E-state index in [1.54, 1.807) is 22.7 Å². The van der Waals surface area contributed by atoms with Crippen molar-refractivity contribution in [1.29, 1.82) is 0 Å². The lowest BCUT2D eigenvalue weighted by Gasteiger charge is -2.13. The fourth-order valence-corrected chi connectivity index (χ4v) is 3.72. The lowest BCUT2D eigenvalue weighted by atomic mass is 10.3. The molecule has 0 bridgehead atoms. The molecule has 2 N–H and O–H groups in total. The van der Waals surface area contributed by atoms with Crippen LogP contribution in [-0.4, -0.2) is 13.2 Å². The normalized spacial score (nSPS) is 12.8. The first-order valence-corrected chi connectivity index (χ1v) is 7.93. The highest BCUT2D eigenvalue weighted by Gasteiger charge is 2.12. The van der Waals surface area contributed by atoms with Gasteiger partial charge in [-0.3, -0.25) is 0 Å². The summed E-state index contributed by atoms with van der Waals surface area (Å²) in [6, 6.07) is 6.28. The van der Waals surface area contributed by atoms with E-state index in [0.29, 0.717) is 6.54 Å². The first kappa shape index (κ1) is 13.2. The molecule has 0 radical (unpaired) electrons. The number of thiophene rings is 2. The van der Waals surface area contributed by atoms with E-state index < -0.39 is 0 Å². The number of rotatable bonds is 6. The molecule has 0 aliphatic heterocycles. The average Bonchev–Trinajstić information content (AvgIpc) is 2.96. The van der Waals surface area contributed by atoms with Crippen LogP contribution in [-0.2, 0) is 11.2 Å². The van der Waals surface area contributed by atoms with Gasteiger partial charge in [0.15, 0.2) is 0 Å². The van der Waals surface area contributed by atoms with E-state index in [9.17, 15) is 0 Å². The average molecular weight is 332 g/mol. The van der Waals surface area contributed by atoms with Gasteiger partial charge < -0.3 is 10.5 Å². The maximum atomic E-state index is 5.84. The van der Waals surface area contributed by atoms with Crippen molar-refractivity contribution in [2.45, 2.75) is 12.5 Å². The zero-order valence-corrected chi connectivity index (χ0v) is 12.5. The Morgan fingerprint density at radius 2 is 2.29 bits per heavy atom. The van der Waals surface area contributed by atoms with Crippen molar-refractivity contribution >= 4 is 38.6 Å². The highest BCUT2D eigenvalue weighted by atomic mass is 79.9. The van der Waals surface area contributed by atoms with Crippen LogP contribution in [0.3, 0.4) is 0 Å². The largest absolute Gasteiger partial charge is 0.371 e. The second-order valence-corrected chi connectivity index (χ2v) is 6.48. The van der Waals surface area contributed by atoms with Gasteiger partial charge in [0.05, 0.1) is 6.61 Å². The molecule has 17 heavy (non-hydrogen) atoms. The third-order valence-electron chi connectivity index (χ3n) is 2.37. The summed E-state index contributed by atoms with van der Waals surface area (Å²) in [5.74, 6) is 0. The molecule has 2 nitrogen and oxygen atoms in total. The molecule has 1 unspecified atom stereocenters. The number of hydrogen-bond acceptors (Lipinski definition) is 4. The van der Waals surface area contributed by atoms with E-state index in [2.05, 4.69) is 44.9 Å². The summed E-state index contributed by atoms with van der Waals surface area (Å²) < 4.78 is 6.93. The summed E-state index contributed by atoms with van der Waals surface area (Å²) in [7, 11) is 0. The maximum absolute atomic E-state index is 5.84. The molecule has 2 aromatic rings. The third kappa shape index (κ3) is 3.89. The van der Waals surface area contributed by atoms with Crippen LogP contribution in [0.2, 0.25) is 0 Å². The van der Waals surface area contributed by atoms with Crippen LogP contribution in [0.25, 0.3) is 0 Å². The summed E-state index contributed by atoms with van der Waals surface area (Å²) >= 11 is 6.89. The van der Waals surface area contributed by atoms with Gasteiger partial charge in [0.1, 0.15) is 6.10 Å². The summed E-state index contributed by atoms with van der Waals surface area (Å²) in [6.45, 7) is 1.25. The highest BCUT2D eigenvalue weighted by molar-refractivity contribution is 9.10. The van der Waals surface area contributed by atoms with Gasteiger partial charge in [-0.2, -0.15) is 0 Å². The first-order chi connectivity index (χ1) is 8.29. The third-order valence-corrected chi connectivity index (χ3v) is 5.09. The molecule has 0 fully saturated rings. The maximum Gasteiger partial charge on any atom is 0.104 e. The number of halogens is 1. The number of hydrogen-bond donors (Lipinski definition) is 1. The Morgan fingerprint density at radius 3 is 2.88 bits per heavy atom. The van der Waals surface area contributed by atoms with Crippen LogP contribution in [0.5, 0.6) is 0 Å². The van der Waals surface area contributed by atoms with Gasteiger partial charge in [0, 0.05) is 32.6 Å². The molecule has 0 spiro atoms. The van der Waals surface area contributed by atoms with Gasteiger partial charge in [-0.1, -0.05) is 6.07 Å². The lowest BCUT2D eigenvalue weighted by molar-refractivity contribution is 0.0636. The van der Waals surface area contributed by atoms with E-state index in [0.717, 1.165) is 17.5 Å². The minimum Gasteiger partial charge on any atom is -0.371 e. The quantitative estimate of drug-likeness (QED) is 0.872. The van der Waals surface area contributed by atoms with Crippen molar-refractivity contribution in [2.24, 2.45) is 5.73 Å². The van der Waals surface area contributed by atoms with Crippen molar-refractivity contribution in [2.75, 3.05) is 13.2 Å². The van der Waals surface area contributed by atoms with Gasteiger partial charge >= 0.3 is 0 Å². The molecule has 92 valence electrons. The van der Waals surface area contributed by atoms with Crippen LogP contribution in [0.1, 0.15) is 15.9 Å². The SMILES string of the molecule is NCC(OCCc1cccs1)c1cc(Br)cs1. The van der Waals surface area contributed by atoms with Gasteiger partial charge in [-0.15, -0.1) is 22.7 Å². The van der Waals surface area contributed by atoms with Crippen LogP contribution in [0.4, 0.5) is 0 Å². The first-order valence-electron chi connectivity index (χ1n) is 5.37. The summed E-state index contributed by atoms with van der Waals surface area (Å²) in [4.78, 5) is 2.54. The van der Waals surface area contributed by atoms with E-state index in [1.807, 2.05) is 0 Å². The van der Waals surface area contributed by atoms with Crippen molar-refractivity contribution in [3.05, 3.63) is 43.2 Å². The van der Waals surface area contributed by atoms with Crippen LogP contribution in [0, 0.1) is 0 Å². The van der Waals surface area contributed by atoms with E-state index >= 15 is 0 Å². The topological polar surface area (TPSA) is 35.2 Å². The van der Waals surface area contributed by atoms with E-state index in [4.69, 9.17) is 10.5 Å². The van der Waals surface area contributed by atoms with Crippen LogP contribution < -0.4 is 5.73 Å². The molecule has 2 rings (SSSR count). The monoisotopic (exact) mass is 331 g/mol. The van der Waals surface area contributed by atoms with E-state index in [1.165, 1.54) is 9.75 Å². The van der Waals surface area contributed by atoms with Gasteiger partial charge in [-0.05, 0) is 33.4 Å². The van der Waals surface area contributed by atoms with Crippen molar-refractivity contribution in [3.8, 4) is 0 Å². The molecular formula is C12H14BrNOS2. The van der Waals surface area contributed by atoms with Crippen molar-refractivity contribution in [1.82, 2.24) is 0 Å². The Bertz CT molecular complexity index is 441. The van der Waals surface area contributed by atoms with Crippen molar-refractivity contribution < 1.29 is 4.74 Å². The molecule has 0 saturated heterocycles. The molecule has 0 saturated carbocycles. The second kappa shape index (κ2) is 6.66. The fraction of sp³-hybridized carbons (Fsp3) is 0.333. The summed E-state index contributed by atoms with van der Waals surface area (Å²) in [6.07, 6.45) is 0.979. The van der Waals surface area contributed by atoms with Crippen LogP contribution >= 0.6 is 38.6 Å². The lowest BCUT2D eigenvalue weighted by Crippen LogP contribution is -2.16. The smallest absolute Gasteiger partial charge is 0.104 e. The molecule has 0 aliphatic carbocycles. The Hall–Kier alpha value is -0.200. The van der Waals surface area contributed by atoms with Crippen LogP contribution in [0.15, 0.2) is 33.4 Å².